The molecule has 0 saturated carbocycles. The largest absolute Gasteiger partial charge is 0.483 e. The van der Waals surface area contributed by atoms with Crippen molar-refractivity contribution in [2.24, 2.45) is 0 Å². The van der Waals surface area contributed by atoms with Crippen molar-refractivity contribution >= 4 is 33.0 Å². The van der Waals surface area contributed by atoms with Gasteiger partial charge >= 0.3 is 12.1 Å². The van der Waals surface area contributed by atoms with Crippen molar-refractivity contribution in [2.45, 2.75) is 18.1 Å². The molecule has 0 amide bonds. The van der Waals surface area contributed by atoms with Gasteiger partial charge in [0.05, 0.1) is 9.88 Å². The SMILES string of the molecule is Cc1nc(S(=O)(=O)Nc2ccc(OCC(F)(F)F)c(C(=O)O)c2)c(-c2ccccc2)s1. The quantitative estimate of drug-likeness (QED) is 0.522. The lowest BCUT2D eigenvalue weighted by molar-refractivity contribution is -0.153. The Hall–Kier alpha value is -3.12. The van der Waals surface area contributed by atoms with E-state index in [1.54, 1.807) is 37.3 Å². The fourth-order valence-corrected chi connectivity index (χ4v) is 5.10. The Labute approximate surface area is 179 Å². The maximum atomic E-state index is 12.9. The summed E-state index contributed by atoms with van der Waals surface area (Å²) in [6, 6.07) is 11.7. The van der Waals surface area contributed by atoms with Gasteiger partial charge in [-0.3, -0.25) is 4.72 Å². The second-order valence-corrected chi connectivity index (χ2v) is 9.06. The molecule has 3 rings (SSSR count). The Kier molecular flexibility index (Phi) is 6.23. The van der Waals surface area contributed by atoms with Crippen LogP contribution in [0.25, 0.3) is 10.4 Å². The van der Waals surface area contributed by atoms with E-state index in [0.717, 1.165) is 18.2 Å². The Balaban J connectivity index is 1.94. The highest BCUT2D eigenvalue weighted by molar-refractivity contribution is 7.93. The first-order chi connectivity index (χ1) is 14.5. The zero-order chi connectivity index (χ0) is 22.8. The van der Waals surface area contributed by atoms with Crippen molar-refractivity contribution in [1.29, 1.82) is 0 Å². The maximum absolute atomic E-state index is 12.9. The van der Waals surface area contributed by atoms with Crippen LogP contribution in [0.1, 0.15) is 15.4 Å². The highest BCUT2D eigenvalue weighted by Gasteiger charge is 2.30. The number of alkyl halides is 3. The van der Waals surface area contributed by atoms with Crippen LogP contribution in [0.2, 0.25) is 0 Å². The number of aryl methyl sites for hydroxylation is 1. The number of halogens is 3. The number of sulfonamides is 1. The van der Waals surface area contributed by atoms with E-state index in [2.05, 4.69) is 14.4 Å². The molecule has 3 aromatic rings. The fraction of sp³-hybridized carbons (Fsp3) is 0.158. The van der Waals surface area contributed by atoms with Gasteiger partial charge in [0.2, 0.25) is 0 Å². The summed E-state index contributed by atoms with van der Waals surface area (Å²) < 4.78 is 69.7. The molecule has 0 fully saturated rings. The molecule has 0 radical (unpaired) electrons. The van der Waals surface area contributed by atoms with Crippen LogP contribution in [0.15, 0.2) is 53.6 Å². The number of nitrogens with zero attached hydrogens (tertiary/aromatic N) is 1. The Bertz CT molecular complexity index is 1210. The van der Waals surface area contributed by atoms with Crippen LogP contribution in [0, 0.1) is 6.92 Å². The summed E-state index contributed by atoms with van der Waals surface area (Å²) in [6.45, 7) is -0.0394. The van der Waals surface area contributed by atoms with E-state index in [-0.39, 0.29) is 10.7 Å². The number of rotatable bonds is 7. The van der Waals surface area contributed by atoms with E-state index in [1.807, 2.05) is 0 Å². The first-order valence-corrected chi connectivity index (χ1v) is 10.9. The molecule has 2 N–H and O–H groups in total. The summed E-state index contributed by atoms with van der Waals surface area (Å²) in [4.78, 5) is 15.9. The lowest BCUT2D eigenvalue weighted by Gasteiger charge is -2.13. The van der Waals surface area contributed by atoms with Gasteiger partial charge in [-0.25, -0.2) is 9.78 Å². The number of hydrogen-bond donors (Lipinski definition) is 2. The van der Waals surface area contributed by atoms with Gasteiger partial charge in [0.15, 0.2) is 11.6 Å². The number of benzene rings is 2. The zero-order valence-electron chi connectivity index (χ0n) is 15.8. The average molecular weight is 472 g/mol. The van der Waals surface area contributed by atoms with Crippen LogP contribution >= 0.6 is 11.3 Å². The molecule has 1 aromatic heterocycles. The molecule has 31 heavy (non-hydrogen) atoms. The van der Waals surface area contributed by atoms with Crippen molar-refractivity contribution in [3.05, 3.63) is 59.1 Å². The molecular weight excluding hydrogens is 457 g/mol. The molecule has 7 nitrogen and oxygen atoms in total. The molecule has 1 heterocycles. The summed E-state index contributed by atoms with van der Waals surface area (Å²) in [5.41, 5.74) is -0.154. The van der Waals surface area contributed by atoms with Gasteiger partial charge in [0.1, 0.15) is 11.3 Å². The third kappa shape index (κ3) is 5.52. The molecule has 0 aliphatic carbocycles. The second kappa shape index (κ2) is 8.55. The van der Waals surface area contributed by atoms with E-state index in [4.69, 9.17) is 0 Å². The van der Waals surface area contributed by atoms with Crippen LogP contribution in [0.3, 0.4) is 0 Å². The first kappa shape index (κ1) is 22.6. The molecule has 0 bridgehead atoms. The monoisotopic (exact) mass is 472 g/mol. The molecule has 0 aliphatic heterocycles. The molecule has 164 valence electrons. The molecule has 2 aromatic carbocycles. The molecule has 12 heteroatoms. The van der Waals surface area contributed by atoms with Crippen LogP contribution in [-0.4, -0.2) is 37.3 Å². The summed E-state index contributed by atoms with van der Waals surface area (Å²) in [6.07, 6.45) is -4.66. The number of carbonyl (C=O) groups is 1. The van der Waals surface area contributed by atoms with Crippen molar-refractivity contribution in [3.8, 4) is 16.2 Å². The highest BCUT2D eigenvalue weighted by atomic mass is 32.2. The van der Waals surface area contributed by atoms with Crippen LogP contribution in [0.4, 0.5) is 18.9 Å². The number of aromatic nitrogens is 1. The van der Waals surface area contributed by atoms with E-state index < -0.39 is 40.1 Å². The minimum absolute atomic E-state index is 0.165. The number of anilines is 1. The molecule has 0 spiro atoms. The predicted molar refractivity (Wildman–Crippen MR) is 108 cm³/mol. The number of nitrogens with one attached hydrogen (secondary N) is 1. The second-order valence-electron chi connectivity index (χ2n) is 6.26. The smallest absolute Gasteiger partial charge is 0.422 e. The van der Waals surface area contributed by atoms with Gasteiger partial charge in [-0.05, 0) is 30.7 Å². The van der Waals surface area contributed by atoms with Gasteiger partial charge in [0.25, 0.3) is 10.0 Å². The maximum Gasteiger partial charge on any atom is 0.422 e. The topological polar surface area (TPSA) is 106 Å². The molecule has 0 unspecified atom stereocenters. The number of ether oxygens (including phenoxy) is 1. The van der Waals surface area contributed by atoms with Crippen molar-refractivity contribution in [2.75, 3.05) is 11.3 Å². The van der Waals surface area contributed by atoms with Crippen molar-refractivity contribution < 1.29 is 36.2 Å². The first-order valence-electron chi connectivity index (χ1n) is 8.59. The number of aromatic carboxylic acids is 1. The highest BCUT2D eigenvalue weighted by Crippen LogP contribution is 2.34. The third-order valence-electron chi connectivity index (χ3n) is 3.85. The lowest BCUT2D eigenvalue weighted by Crippen LogP contribution is -2.20. The summed E-state index contributed by atoms with van der Waals surface area (Å²) in [5, 5.41) is 9.54. The number of thiazole rings is 1. The van der Waals surface area contributed by atoms with Crippen molar-refractivity contribution in [1.82, 2.24) is 4.98 Å². The molecule has 0 saturated heterocycles. The predicted octanol–water partition coefficient (Wildman–Crippen LogP) is 4.56. The summed E-state index contributed by atoms with van der Waals surface area (Å²) >= 11 is 1.17. The Morgan fingerprint density at radius 1 is 1.19 bits per heavy atom. The standard InChI is InChI=1S/C19H15F3N2O5S2/c1-11-23-17(16(30-11)12-5-3-2-4-6-12)31(27,28)24-13-7-8-15(14(9-13)18(25)26)29-10-19(20,21)22/h2-9,24H,10H2,1H3,(H,25,26). The van der Waals surface area contributed by atoms with Crippen molar-refractivity contribution in [3.63, 3.8) is 0 Å². The van der Waals surface area contributed by atoms with Gasteiger partial charge < -0.3 is 9.84 Å². The van der Waals surface area contributed by atoms with Gasteiger partial charge in [-0.2, -0.15) is 21.6 Å². The summed E-state index contributed by atoms with van der Waals surface area (Å²) in [7, 11) is -4.23. The molecule has 0 aliphatic rings. The normalized spacial score (nSPS) is 11.9. The third-order valence-corrected chi connectivity index (χ3v) is 6.31. The van der Waals surface area contributed by atoms with Crippen LogP contribution in [0.5, 0.6) is 5.75 Å². The number of carboxylic acids is 1. The van der Waals surface area contributed by atoms with Crippen LogP contribution < -0.4 is 9.46 Å². The Morgan fingerprint density at radius 2 is 1.87 bits per heavy atom. The lowest BCUT2D eigenvalue weighted by atomic mass is 10.2. The van der Waals surface area contributed by atoms with Crippen LogP contribution in [-0.2, 0) is 10.0 Å². The van der Waals surface area contributed by atoms with E-state index in [9.17, 15) is 31.5 Å². The zero-order valence-corrected chi connectivity index (χ0v) is 17.4. The fourth-order valence-electron chi connectivity index (χ4n) is 2.61. The van der Waals surface area contributed by atoms with E-state index >= 15 is 0 Å². The minimum Gasteiger partial charge on any atom is -0.483 e. The molecule has 0 atom stereocenters. The van der Waals surface area contributed by atoms with E-state index in [1.165, 1.54) is 11.3 Å². The number of hydrogen-bond acceptors (Lipinski definition) is 6. The number of carboxylic acid groups (broad SMARTS) is 1. The van der Waals surface area contributed by atoms with E-state index in [0.29, 0.717) is 15.4 Å². The van der Waals surface area contributed by atoms with Gasteiger partial charge in [-0.1, -0.05) is 30.3 Å². The average Bonchev–Trinajstić information content (AvgIpc) is 3.09. The molecular formula is C19H15F3N2O5S2. The van der Waals surface area contributed by atoms with Gasteiger partial charge in [-0.15, -0.1) is 11.3 Å². The minimum atomic E-state index is -4.66. The Morgan fingerprint density at radius 3 is 2.48 bits per heavy atom. The van der Waals surface area contributed by atoms with Gasteiger partial charge in [0, 0.05) is 5.69 Å². The summed E-state index contributed by atoms with van der Waals surface area (Å²) in [5.74, 6) is -2.12.